The molecular formula is C18H24Cl2N2O2. The summed E-state index contributed by atoms with van der Waals surface area (Å²) in [4.78, 5) is 14.7. The molecule has 1 aromatic rings. The number of carbonyl (C=O) groups excluding carboxylic acids is 1. The Morgan fingerprint density at radius 1 is 1.29 bits per heavy atom. The minimum Gasteiger partial charge on any atom is -0.376 e. The third kappa shape index (κ3) is 4.85. The Morgan fingerprint density at radius 2 is 2.17 bits per heavy atom. The first-order valence-electron chi connectivity index (χ1n) is 8.67. The first kappa shape index (κ1) is 18.0. The van der Waals surface area contributed by atoms with E-state index >= 15 is 0 Å². The molecule has 1 amide bonds. The van der Waals surface area contributed by atoms with Crippen LogP contribution in [0.25, 0.3) is 0 Å². The molecule has 0 aromatic heterocycles. The molecule has 0 spiro atoms. The number of benzene rings is 1. The minimum atomic E-state index is 0.0474. The molecule has 2 aliphatic rings. The summed E-state index contributed by atoms with van der Waals surface area (Å²) in [5.41, 5.74) is 1.06. The molecule has 6 heteroatoms. The smallest absolute Gasteiger partial charge is 0.224 e. The summed E-state index contributed by atoms with van der Waals surface area (Å²) in [5.74, 6) is 0.198. The molecule has 2 aliphatic heterocycles. The highest BCUT2D eigenvalue weighted by atomic mass is 35.5. The molecule has 2 fully saturated rings. The SMILES string of the molecule is O=C(NC[C@H]1CCCO1)[C@@H]1CCCN(Cc2ccc(Cl)cc2Cl)C1. The number of piperidine rings is 1. The number of rotatable bonds is 5. The lowest BCUT2D eigenvalue weighted by atomic mass is 9.96. The number of likely N-dealkylation sites (tertiary alicyclic amines) is 1. The van der Waals surface area contributed by atoms with Gasteiger partial charge in [-0.3, -0.25) is 9.69 Å². The van der Waals surface area contributed by atoms with Gasteiger partial charge in [0.2, 0.25) is 5.91 Å². The fourth-order valence-corrected chi connectivity index (χ4v) is 3.94. The van der Waals surface area contributed by atoms with Crippen molar-refractivity contribution in [2.45, 2.75) is 38.3 Å². The van der Waals surface area contributed by atoms with Crippen LogP contribution in [-0.2, 0) is 16.1 Å². The van der Waals surface area contributed by atoms with Gasteiger partial charge in [0, 0.05) is 36.3 Å². The van der Waals surface area contributed by atoms with Gasteiger partial charge in [-0.05, 0) is 49.9 Å². The molecule has 1 aromatic carbocycles. The molecule has 2 heterocycles. The van der Waals surface area contributed by atoms with Gasteiger partial charge in [-0.2, -0.15) is 0 Å². The van der Waals surface area contributed by atoms with Crippen LogP contribution in [0, 0.1) is 5.92 Å². The van der Waals surface area contributed by atoms with E-state index in [0.29, 0.717) is 16.6 Å². The normalized spacial score (nSPS) is 24.9. The number of ether oxygens (including phenoxy) is 1. The summed E-state index contributed by atoms with van der Waals surface area (Å²) in [5, 5.41) is 4.40. The number of nitrogens with zero attached hydrogens (tertiary/aromatic N) is 1. The maximum Gasteiger partial charge on any atom is 0.224 e. The van der Waals surface area contributed by atoms with Gasteiger partial charge in [-0.25, -0.2) is 0 Å². The fourth-order valence-electron chi connectivity index (χ4n) is 3.47. The minimum absolute atomic E-state index is 0.0474. The largest absolute Gasteiger partial charge is 0.376 e. The van der Waals surface area contributed by atoms with Gasteiger partial charge < -0.3 is 10.1 Å². The lowest BCUT2D eigenvalue weighted by molar-refractivity contribution is -0.127. The molecule has 0 radical (unpaired) electrons. The highest BCUT2D eigenvalue weighted by molar-refractivity contribution is 6.35. The van der Waals surface area contributed by atoms with Crippen LogP contribution in [-0.4, -0.2) is 43.2 Å². The van der Waals surface area contributed by atoms with E-state index in [1.807, 2.05) is 12.1 Å². The van der Waals surface area contributed by atoms with Crippen molar-refractivity contribution in [2.75, 3.05) is 26.2 Å². The summed E-state index contributed by atoms with van der Waals surface area (Å²) in [6.07, 6.45) is 4.32. The third-order valence-electron chi connectivity index (χ3n) is 4.81. The Bertz CT molecular complexity index is 576. The van der Waals surface area contributed by atoms with E-state index in [2.05, 4.69) is 10.2 Å². The molecule has 2 atom stereocenters. The van der Waals surface area contributed by atoms with Crippen LogP contribution >= 0.6 is 23.2 Å². The van der Waals surface area contributed by atoms with E-state index in [1.54, 1.807) is 6.07 Å². The van der Waals surface area contributed by atoms with Crippen molar-refractivity contribution in [3.05, 3.63) is 33.8 Å². The van der Waals surface area contributed by atoms with Gasteiger partial charge in [0.15, 0.2) is 0 Å². The van der Waals surface area contributed by atoms with Crippen molar-refractivity contribution >= 4 is 29.1 Å². The van der Waals surface area contributed by atoms with Crippen LogP contribution in [0.1, 0.15) is 31.2 Å². The Morgan fingerprint density at radius 3 is 2.92 bits per heavy atom. The van der Waals surface area contributed by atoms with Crippen molar-refractivity contribution in [3.63, 3.8) is 0 Å². The molecule has 4 nitrogen and oxygen atoms in total. The van der Waals surface area contributed by atoms with E-state index in [1.165, 1.54) is 0 Å². The zero-order chi connectivity index (χ0) is 16.9. The maximum absolute atomic E-state index is 12.4. The standard InChI is InChI=1S/C18H24Cl2N2O2/c19-15-6-5-13(17(20)9-15)11-22-7-1-3-14(12-22)18(23)21-10-16-4-2-8-24-16/h5-6,9,14,16H,1-4,7-8,10-12H2,(H,21,23)/t14-,16-/m1/s1. The summed E-state index contributed by atoms with van der Waals surface area (Å²) >= 11 is 12.2. The first-order valence-corrected chi connectivity index (χ1v) is 9.43. The molecule has 132 valence electrons. The lowest BCUT2D eigenvalue weighted by Crippen LogP contribution is -2.44. The quantitative estimate of drug-likeness (QED) is 0.862. The summed E-state index contributed by atoms with van der Waals surface area (Å²) < 4.78 is 5.56. The van der Waals surface area contributed by atoms with Gasteiger partial charge in [-0.1, -0.05) is 29.3 Å². The average molecular weight is 371 g/mol. The zero-order valence-corrected chi connectivity index (χ0v) is 15.3. The van der Waals surface area contributed by atoms with Gasteiger partial charge in [0.1, 0.15) is 0 Å². The Labute approximate surface area is 153 Å². The molecule has 1 N–H and O–H groups in total. The second-order valence-electron chi connectivity index (χ2n) is 6.69. The van der Waals surface area contributed by atoms with Crippen molar-refractivity contribution in [1.29, 1.82) is 0 Å². The molecule has 0 bridgehead atoms. The lowest BCUT2D eigenvalue weighted by Gasteiger charge is -2.32. The summed E-state index contributed by atoms with van der Waals surface area (Å²) in [7, 11) is 0. The van der Waals surface area contributed by atoms with Crippen LogP contribution in [0.2, 0.25) is 10.0 Å². The van der Waals surface area contributed by atoms with E-state index in [4.69, 9.17) is 27.9 Å². The van der Waals surface area contributed by atoms with Gasteiger partial charge in [0.05, 0.1) is 12.0 Å². The van der Waals surface area contributed by atoms with Crippen LogP contribution in [0.5, 0.6) is 0 Å². The number of amides is 1. The molecule has 2 saturated heterocycles. The van der Waals surface area contributed by atoms with E-state index in [0.717, 1.165) is 57.5 Å². The molecule has 0 aliphatic carbocycles. The molecule has 24 heavy (non-hydrogen) atoms. The number of hydrogen-bond acceptors (Lipinski definition) is 3. The predicted octanol–water partition coefficient (Wildman–Crippen LogP) is 3.50. The van der Waals surface area contributed by atoms with Crippen LogP contribution in [0.15, 0.2) is 18.2 Å². The summed E-state index contributed by atoms with van der Waals surface area (Å²) in [6, 6.07) is 5.60. The third-order valence-corrected chi connectivity index (χ3v) is 5.40. The molecule has 0 saturated carbocycles. The Balaban J connectivity index is 1.50. The zero-order valence-electron chi connectivity index (χ0n) is 13.8. The fraction of sp³-hybridized carbons (Fsp3) is 0.611. The van der Waals surface area contributed by atoms with Gasteiger partial charge in [-0.15, -0.1) is 0 Å². The second-order valence-corrected chi connectivity index (χ2v) is 7.53. The molecule has 0 unspecified atom stereocenters. The van der Waals surface area contributed by atoms with Crippen molar-refractivity contribution < 1.29 is 9.53 Å². The number of carbonyl (C=O) groups is 1. The number of nitrogens with one attached hydrogen (secondary N) is 1. The first-order chi connectivity index (χ1) is 11.6. The molecule has 3 rings (SSSR count). The van der Waals surface area contributed by atoms with Gasteiger partial charge in [0.25, 0.3) is 0 Å². The highest BCUT2D eigenvalue weighted by Crippen LogP contribution is 2.25. The van der Waals surface area contributed by atoms with E-state index in [9.17, 15) is 4.79 Å². The number of hydrogen-bond donors (Lipinski definition) is 1. The van der Waals surface area contributed by atoms with Crippen LogP contribution < -0.4 is 5.32 Å². The predicted molar refractivity (Wildman–Crippen MR) is 96.4 cm³/mol. The van der Waals surface area contributed by atoms with Crippen molar-refractivity contribution in [3.8, 4) is 0 Å². The van der Waals surface area contributed by atoms with E-state index in [-0.39, 0.29) is 17.9 Å². The van der Waals surface area contributed by atoms with Crippen molar-refractivity contribution in [1.82, 2.24) is 10.2 Å². The highest BCUT2D eigenvalue weighted by Gasteiger charge is 2.27. The Hall–Kier alpha value is -0.810. The summed E-state index contributed by atoms with van der Waals surface area (Å²) in [6.45, 7) is 3.98. The average Bonchev–Trinajstić information content (AvgIpc) is 3.09. The Kier molecular flexibility index (Phi) is 6.39. The van der Waals surface area contributed by atoms with E-state index < -0.39 is 0 Å². The molecular weight excluding hydrogens is 347 g/mol. The van der Waals surface area contributed by atoms with Gasteiger partial charge >= 0.3 is 0 Å². The van der Waals surface area contributed by atoms with Crippen LogP contribution in [0.3, 0.4) is 0 Å². The van der Waals surface area contributed by atoms with Crippen LogP contribution in [0.4, 0.5) is 0 Å². The number of halogens is 2. The maximum atomic E-state index is 12.4. The second kappa shape index (κ2) is 8.52. The monoisotopic (exact) mass is 370 g/mol. The van der Waals surface area contributed by atoms with Crippen molar-refractivity contribution in [2.24, 2.45) is 5.92 Å². The topological polar surface area (TPSA) is 41.6 Å².